The van der Waals surface area contributed by atoms with E-state index >= 15 is 0 Å². The highest BCUT2D eigenvalue weighted by atomic mass is 16.5. The maximum atomic E-state index is 12.1. The summed E-state index contributed by atoms with van der Waals surface area (Å²) in [5, 5.41) is 5.60. The monoisotopic (exact) mass is 356 g/mol. The molecule has 6 nitrogen and oxygen atoms in total. The lowest BCUT2D eigenvalue weighted by molar-refractivity contribution is -0.140. The predicted octanol–water partition coefficient (Wildman–Crippen LogP) is 4.33. The molecule has 2 aromatic carbocycles. The molecule has 0 heterocycles. The number of amides is 2. The molecule has 6 heteroatoms. The molecule has 0 atom stereocenters. The molecule has 0 aliphatic rings. The van der Waals surface area contributed by atoms with Gasteiger partial charge in [0.25, 0.3) is 0 Å². The smallest absolute Gasteiger partial charge is 0.319 e. The molecule has 0 aliphatic heterocycles. The Labute approximate surface area is 153 Å². The molecule has 0 saturated carbocycles. The lowest BCUT2D eigenvalue weighted by Gasteiger charge is -2.12. The number of nitrogens with one attached hydrogen (secondary N) is 2. The minimum atomic E-state index is -0.290. The van der Waals surface area contributed by atoms with Gasteiger partial charge >= 0.3 is 12.0 Å². The Morgan fingerprint density at radius 3 is 2.42 bits per heavy atom. The number of methoxy groups -OCH3 is 1. The van der Waals surface area contributed by atoms with Gasteiger partial charge in [0.15, 0.2) is 5.75 Å². The highest BCUT2D eigenvalue weighted by Gasteiger charge is 2.08. The third-order valence-corrected chi connectivity index (χ3v) is 3.68. The number of carbonyl (C=O) groups is 2. The number of hydrogen-bond acceptors (Lipinski definition) is 4. The van der Waals surface area contributed by atoms with Crippen LogP contribution < -0.4 is 15.4 Å². The minimum absolute atomic E-state index is 0.203. The summed E-state index contributed by atoms with van der Waals surface area (Å²) in [7, 11) is 1.38. The molecule has 2 N–H and O–H groups in total. The van der Waals surface area contributed by atoms with Crippen LogP contribution in [0.5, 0.6) is 11.5 Å². The molecule has 0 aliphatic carbocycles. The standard InChI is InChI=1S/C20H24N2O4/c1-25-19(23)14-6-3-9-15-21-20(24)22-17-12-7-8-13-18(17)26-16-10-4-2-5-11-16/h2,4-5,7-8,10-13H,3,6,9,14-15H2,1H3,(H2,21,22,24). The van der Waals surface area contributed by atoms with Crippen molar-refractivity contribution >= 4 is 17.7 Å². The molecule has 0 aromatic heterocycles. The number of esters is 1. The second kappa shape index (κ2) is 10.8. The fourth-order valence-electron chi connectivity index (χ4n) is 2.32. The Hall–Kier alpha value is -3.02. The van der Waals surface area contributed by atoms with Gasteiger partial charge in [-0.2, -0.15) is 0 Å². The first kappa shape index (κ1) is 19.3. The van der Waals surface area contributed by atoms with Gasteiger partial charge in [0.1, 0.15) is 5.75 Å². The van der Waals surface area contributed by atoms with Gasteiger partial charge in [0.2, 0.25) is 0 Å². The van der Waals surface area contributed by atoms with Crippen molar-refractivity contribution in [2.75, 3.05) is 19.0 Å². The zero-order chi connectivity index (χ0) is 18.6. The normalized spacial score (nSPS) is 10.0. The fourth-order valence-corrected chi connectivity index (χ4v) is 2.32. The van der Waals surface area contributed by atoms with Gasteiger partial charge in [0, 0.05) is 13.0 Å². The van der Waals surface area contributed by atoms with Crippen molar-refractivity contribution in [2.24, 2.45) is 0 Å². The molecular weight excluding hydrogens is 332 g/mol. The average molecular weight is 356 g/mol. The first-order chi connectivity index (χ1) is 12.7. The van der Waals surface area contributed by atoms with Crippen molar-refractivity contribution in [2.45, 2.75) is 25.7 Å². The summed E-state index contributed by atoms with van der Waals surface area (Å²) in [4.78, 5) is 23.1. The Balaban J connectivity index is 1.76. The van der Waals surface area contributed by atoms with Crippen LogP contribution in [0.3, 0.4) is 0 Å². The summed E-state index contributed by atoms with van der Waals surface area (Å²) in [5.74, 6) is 1.07. The Morgan fingerprint density at radius 2 is 1.65 bits per heavy atom. The second-order valence-electron chi connectivity index (χ2n) is 5.68. The molecule has 0 radical (unpaired) electrons. The topological polar surface area (TPSA) is 76.7 Å². The quantitative estimate of drug-likeness (QED) is 0.518. The molecule has 138 valence electrons. The van der Waals surface area contributed by atoms with E-state index in [0.29, 0.717) is 30.2 Å². The van der Waals surface area contributed by atoms with Crippen LogP contribution in [0.25, 0.3) is 0 Å². The van der Waals surface area contributed by atoms with E-state index in [-0.39, 0.29) is 12.0 Å². The summed E-state index contributed by atoms with van der Waals surface area (Å²) in [6, 6.07) is 16.4. The highest BCUT2D eigenvalue weighted by molar-refractivity contribution is 5.90. The van der Waals surface area contributed by atoms with E-state index in [4.69, 9.17) is 4.74 Å². The number of ether oxygens (including phenoxy) is 2. The van der Waals surface area contributed by atoms with Gasteiger partial charge in [-0.25, -0.2) is 4.79 Å². The maximum absolute atomic E-state index is 12.1. The van der Waals surface area contributed by atoms with Crippen LogP contribution in [0.1, 0.15) is 25.7 Å². The van der Waals surface area contributed by atoms with Gasteiger partial charge in [-0.1, -0.05) is 36.8 Å². The van der Waals surface area contributed by atoms with Gasteiger partial charge < -0.3 is 20.1 Å². The summed E-state index contributed by atoms with van der Waals surface area (Å²) in [5.41, 5.74) is 0.597. The maximum Gasteiger partial charge on any atom is 0.319 e. The number of hydrogen-bond donors (Lipinski definition) is 2. The van der Waals surface area contributed by atoms with Crippen LogP contribution in [0.15, 0.2) is 54.6 Å². The third kappa shape index (κ3) is 6.84. The van der Waals surface area contributed by atoms with Crippen molar-refractivity contribution < 1.29 is 19.1 Å². The zero-order valence-corrected chi connectivity index (χ0v) is 14.9. The van der Waals surface area contributed by atoms with Gasteiger partial charge in [0.05, 0.1) is 12.8 Å². The Morgan fingerprint density at radius 1 is 0.923 bits per heavy atom. The molecule has 0 bridgehead atoms. The third-order valence-electron chi connectivity index (χ3n) is 3.68. The van der Waals surface area contributed by atoms with Crippen molar-refractivity contribution in [3.05, 3.63) is 54.6 Å². The summed E-state index contributed by atoms with van der Waals surface area (Å²) in [6.45, 7) is 0.536. The summed E-state index contributed by atoms with van der Waals surface area (Å²) >= 11 is 0. The highest BCUT2D eigenvalue weighted by Crippen LogP contribution is 2.28. The fraction of sp³-hybridized carbons (Fsp3) is 0.300. The van der Waals surface area contributed by atoms with Crippen LogP contribution in [0.4, 0.5) is 10.5 Å². The molecule has 0 saturated heterocycles. The predicted molar refractivity (Wildman–Crippen MR) is 100 cm³/mol. The number of urea groups is 1. The van der Waals surface area contributed by atoms with Crippen LogP contribution in [-0.2, 0) is 9.53 Å². The number of rotatable bonds is 9. The second-order valence-corrected chi connectivity index (χ2v) is 5.68. The minimum Gasteiger partial charge on any atom is -0.469 e. The summed E-state index contributed by atoms with van der Waals surface area (Å²) < 4.78 is 10.4. The Bertz CT molecular complexity index is 704. The first-order valence-corrected chi connectivity index (χ1v) is 8.62. The lowest BCUT2D eigenvalue weighted by Crippen LogP contribution is -2.29. The van der Waals surface area contributed by atoms with E-state index in [2.05, 4.69) is 15.4 Å². The molecule has 2 aromatic rings. The molecule has 0 spiro atoms. The van der Waals surface area contributed by atoms with Gasteiger partial charge in [-0.15, -0.1) is 0 Å². The van der Waals surface area contributed by atoms with E-state index in [9.17, 15) is 9.59 Å². The van der Waals surface area contributed by atoms with Crippen LogP contribution in [0, 0.1) is 0 Å². The van der Waals surface area contributed by atoms with Gasteiger partial charge in [-0.05, 0) is 37.1 Å². The number of anilines is 1. The molecule has 2 amide bonds. The number of carbonyl (C=O) groups excluding carboxylic acids is 2. The van der Waals surface area contributed by atoms with E-state index < -0.39 is 0 Å². The summed E-state index contributed by atoms with van der Waals surface area (Å²) in [6.07, 6.45) is 2.81. The number of unbranched alkanes of at least 4 members (excludes halogenated alkanes) is 2. The van der Waals surface area contributed by atoms with Crippen LogP contribution in [0.2, 0.25) is 0 Å². The van der Waals surface area contributed by atoms with E-state index in [1.54, 1.807) is 12.1 Å². The molecule has 2 rings (SSSR count). The van der Waals surface area contributed by atoms with E-state index in [1.807, 2.05) is 42.5 Å². The van der Waals surface area contributed by atoms with Crippen molar-refractivity contribution in [1.29, 1.82) is 0 Å². The van der Waals surface area contributed by atoms with Crippen LogP contribution >= 0.6 is 0 Å². The van der Waals surface area contributed by atoms with Crippen LogP contribution in [-0.4, -0.2) is 25.7 Å². The average Bonchev–Trinajstić information content (AvgIpc) is 2.66. The number of benzene rings is 2. The zero-order valence-electron chi connectivity index (χ0n) is 14.9. The molecular formula is C20H24N2O4. The largest absolute Gasteiger partial charge is 0.469 e. The SMILES string of the molecule is COC(=O)CCCCCNC(=O)Nc1ccccc1Oc1ccccc1. The van der Waals surface area contributed by atoms with Gasteiger partial charge in [-0.3, -0.25) is 4.79 Å². The number of para-hydroxylation sites is 3. The Kier molecular flexibility index (Phi) is 7.99. The van der Waals surface area contributed by atoms with Crippen molar-refractivity contribution in [3.63, 3.8) is 0 Å². The molecule has 26 heavy (non-hydrogen) atoms. The van der Waals surface area contributed by atoms with E-state index in [0.717, 1.165) is 19.3 Å². The van der Waals surface area contributed by atoms with E-state index in [1.165, 1.54) is 7.11 Å². The first-order valence-electron chi connectivity index (χ1n) is 8.62. The van der Waals surface area contributed by atoms with Crippen molar-refractivity contribution in [1.82, 2.24) is 5.32 Å². The molecule has 0 unspecified atom stereocenters. The van der Waals surface area contributed by atoms with Crippen molar-refractivity contribution in [3.8, 4) is 11.5 Å². The molecule has 0 fully saturated rings. The lowest BCUT2D eigenvalue weighted by atomic mass is 10.2.